The highest BCUT2D eigenvalue weighted by atomic mass is 32.2. The Morgan fingerprint density at radius 3 is 2.67 bits per heavy atom. The number of phenolic OH excluding ortho intramolecular Hbond substituents is 1. The first kappa shape index (κ1) is 16.3. The fourth-order valence-electron chi connectivity index (χ4n) is 1.97. The second-order valence-electron chi connectivity index (χ2n) is 4.95. The van der Waals surface area contributed by atoms with Gasteiger partial charge in [-0.1, -0.05) is 11.3 Å². The molecule has 7 nitrogen and oxygen atoms in total. The molecule has 1 aromatic heterocycles. The molecule has 0 radical (unpaired) electrons. The van der Waals surface area contributed by atoms with Crippen molar-refractivity contribution >= 4 is 42.2 Å². The summed E-state index contributed by atoms with van der Waals surface area (Å²) in [5, 5.41) is 18.1. The molecule has 1 heterocycles. The molecule has 3 rings (SSSR count). The van der Waals surface area contributed by atoms with Gasteiger partial charge in [0.25, 0.3) is 0 Å². The first-order valence-electron chi connectivity index (χ1n) is 6.76. The van der Waals surface area contributed by atoms with Crippen molar-refractivity contribution in [1.82, 2.24) is 4.98 Å². The van der Waals surface area contributed by atoms with E-state index in [1.165, 1.54) is 30.6 Å². The molecule has 0 bridgehead atoms. The molecule has 0 aliphatic heterocycles. The van der Waals surface area contributed by atoms with Crippen molar-refractivity contribution in [2.75, 3.05) is 13.4 Å². The highest BCUT2D eigenvalue weighted by molar-refractivity contribution is 7.90. The molecule has 24 heavy (non-hydrogen) atoms. The number of aromatic nitrogens is 1. The lowest BCUT2D eigenvalue weighted by atomic mass is 10.3. The lowest BCUT2D eigenvalue weighted by molar-refractivity contribution is 0.412. The summed E-state index contributed by atoms with van der Waals surface area (Å²) in [6.07, 6.45) is 1.15. The number of azo groups is 1. The van der Waals surface area contributed by atoms with Crippen molar-refractivity contribution in [1.29, 1.82) is 0 Å². The highest BCUT2D eigenvalue weighted by Gasteiger charge is 2.11. The summed E-state index contributed by atoms with van der Waals surface area (Å²) in [5.41, 5.74) is 0.890. The second-order valence-corrected chi connectivity index (χ2v) is 7.98. The maximum atomic E-state index is 11.6. The fourth-order valence-corrected chi connectivity index (χ4v) is 3.52. The average Bonchev–Trinajstić information content (AvgIpc) is 2.95. The van der Waals surface area contributed by atoms with Crippen LogP contribution in [0.25, 0.3) is 10.2 Å². The molecular formula is C15H13N3O4S2. The van der Waals surface area contributed by atoms with E-state index < -0.39 is 9.84 Å². The number of aromatic hydroxyl groups is 1. The number of rotatable bonds is 4. The van der Waals surface area contributed by atoms with Crippen LogP contribution in [0.4, 0.5) is 10.8 Å². The lowest BCUT2D eigenvalue weighted by Crippen LogP contribution is -1.95. The van der Waals surface area contributed by atoms with Gasteiger partial charge in [-0.2, -0.15) is 0 Å². The average molecular weight is 363 g/mol. The summed E-state index contributed by atoms with van der Waals surface area (Å²) in [4.78, 5) is 4.50. The molecule has 0 saturated carbocycles. The van der Waals surface area contributed by atoms with Gasteiger partial charge >= 0.3 is 0 Å². The second kappa shape index (κ2) is 6.17. The van der Waals surface area contributed by atoms with Gasteiger partial charge in [-0.3, -0.25) is 0 Å². The Morgan fingerprint density at radius 1 is 1.17 bits per heavy atom. The minimum Gasteiger partial charge on any atom is -0.506 e. The summed E-state index contributed by atoms with van der Waals surface area (Å²) in [7, 11) is -1.76. The third-order valence-electron chi connectivity index (χ3n) is 3.20. The molecule has 0 fully saturated rings. The Hall–Kier alpha value is -2.52. The Bertz CT molecular complexity index is 1040. The molecule has 2 aromatic carbocycles. The summed E-state index contributed by atoms with van der Waals surface area (Å²) in [6.45, 7) is 0. The molecule has 3 aromatic rings. The number of phenols is 1. The van der Waals surface area contributed by atoms with Crippen LogP contribution in [0.15, 0.2) is 51.5 Å². The molecule has 0 atom stereocenters. The number of hydrogen-bond acceptors (Lipinski definition) is 8. The maximum absolute atomic E-state index is 11.6. The Labute approximate surface area is 142 Å². The number of thiazole rings is 1. The van der Waals surface area contributed by atoms with Gasteiger partial charge in [-0.25, -0.2) is 13.4 Å². The molecule has 0 aliphatic carbocycles. The minimum absolute atomic E-state index is 0.0278. The molecular weight excluding hydrogens is 350 g/mol. The van der Waals surface area contributed by atoms with E-state index in [1.54, 1.807) is 24.3 Å². The van der Waals surface area contributed by atoms with Gasteiger partial charge in [0.15, 0.2) is 9.84 Å². The van der Waals surface area contributed by atoms with Gasteiger partial charge in [-0.05, 0) is 30.3 Å². The molecule has 0 aliphatic rings. The zero-order chi connectivity index (χ0) is 17.3. The van der Waals surface area contributed by atoms with Crippen molar-refractivity contribution in [3.8, 4) is 11.5 Å². The molecule has 1 N–H and O–H groups in total. The predicted octanol–water partition coefficient (Wildman–Crippen LogP) is 3.83. The highest BCUT2D eigenvalue weighted by Crippen LogP contribution is 2.34. The zero-order valence-electron chi connectivity index (χ0n) is 12.8. The molecule has 0 spiro atoms. The van der Waals surface area contributed by atoms with Crippen molar-refractivity contribution < 1.29 is 18.3 Å². The van der Waals surface area contributed by atoms with Crippen LogP contribution in [-0.4, -0.2) is 31.9 Å². The third-order valence-corrected chi connectivity index (χ3v) is 5.22. The van der Waals surface area contributed by atoms with Crippen molar-refractivity contribution in [2.45, 2.75) is 4.90 Å². The van der Waals surface area contributed by atoms with Crippen molar-refractivity contribution in [2.24, 2.45) is 10.2 Å². The number of fused-ring (bicyclic) bond motifs is 1. The molecule has 0 unspecified atom stereocenters. The predicted molar refractivity (Wildman–Crippen MR) is 91.6 cm³/mol. The van der Waals surface area contributed by atoms with E-state index in [1.807, 2.05) is 0 Å². The minimum atomic E-state index is -3.28. The van der Waals surface area contributed by atoms with E-state index in [2.05, 4.69) is 15.2 Å². The topological polar surface area (TPSA) is 101 Å². The Morgan fingerprint density at radius 2 is 1.96 bits per heavy atom. The normalized spacial score (nSPS) is 12.1. The van der Waals surface area contributed by atoms with Crippen LogP contribution >= 0.6 is 11.3 Å². The first-order chi connectivity index (χ1) is 11.4. The quantitative estimate of drug-likeness (QED) is 0.710. The molecule has 124 valence electrons. The van der Waals surface area contributed by atoms with Crippen LogP contribution < -0.4 is 4.74 Å². The Balaban J connectivity index is 1.96. The number of nitrogens with zero attached hydrogens (tertiary/aromatic N) is 3. The van der Waals surface area contributed by atoms with Crippen LogP contribution in [0.5, 0.6) is 11.5 Å². The van der Waals surface area contributed by atoms with Crippen molar-refractivity contribution in [3.63, 3.8) is 0 Å². The van der Waals surface area contributed by atoms with Crippen LogP contribution in [0.1, 0.15) is 0 Å². The van der Waals surface area contributed by atoms with Gasteiger partial charge in [0.2, 0.25) is 5.13 Å². The Kier molecular flexibility index (Phi) is 4.20. The van der Waals surface area contributed by atoms with E-state index in [4.69, 9.17) is 4.74 Å². The van der Waals surface area contributed by atoms with E-state index in [0.717, 1.165) is 6.26 Å². The molecule has 0 saturated heterocycles. The van der Waals surface area contributed by atoms with Crippen LogP contribution in [0, 0.1) is 0 Å². The SMILES string of the molecule is COc1ccc(O)c(N=Nc2nc3ccc(S(C)(=O)=O)cc3s2)c1. The van der Waals surface area contributed by atoms with Gasteiger partial charge in [0, 0.05) is 12.3 Å². The number of sulfone groups is 1. The standard InChI is InChI=1S/C15H13N3O4S2/c1-22-9-3-6-13(19)12(7-9)17-18-15-16-11-5-4-10(24(2,20)21)8-14(11)23-15/h3-8,19H,1-2H3. The fraction of sp³-hybridized carbons (Fsp3) is 0.133. The zero-order valence-corrected chi connectivity index (χ0v) is 14.4. The van der Waals surface area contributed by atoms with Gasteiger partial charge in [-0.15, -0.1) is 10.2 Å². The first-order valence-corrected chi connectivity index (χ1v) is 9.47. The summed E-state index contributed by atoms with van der Waals surface area (Å²) < 4.78 is 29.0. The van der Waals surface area contributed by atoms with Gasteiger partial charge in [0.05, 0.1) is 22.2 Å². The lowest BCUT2D eigenvalue weighted by Gasteiger charge is -2.01. The third kappa shape index (κ3) is 3.36. The maximum Gasteiger partial charge on any atom is 0.231 e. The number of ether oxygens (including phenoxy) is 1. The monoisotopic (exact) mass is 363 g/mol. The van der Waals surface area contributed by atoms with E-state index >= 15 is 0 Å². The smallest absolute Gasteiger partial charge is 0.231 e. The number of methoxy groups -OCH3 is 1. The van der Waals surface area contributed by atoms with Gasteiger partial charge in [0.1, 0.15) is 17.2 Å². The van der Waals surface area contributed by atoms with E-state index in [-0.39, 0.29) is 16.3 Å². The largest absolute Gasteiger partial charge is 0.506 e. The molecule has 9 heteroatoms. The summed E-state index contributed by atoms with van der Waals surface area (Å²) in [5.74, 6) is 0.517. The number of benzene rings is 2. The summed E-state index contributed by atoms with van der Waals surface area (Å²) >= 11 is 1.21. The van der Waals surface area contributed by atoms with E-state index in [0.29, 0.717) is 21.1 Å². The van der Waals surface area contributed by atoms with Crippen LogP contribution in [0.3, 0.4) is 0 Å². The van der Waals surface area contributed by atoms with Gasteiger partial charge < -0.3 is 9.84 Å². The van der Waals surface area contributed by atoms with Crippen LogP contribution in [-0.2, 0) is 9.84 Å². The number of hydrogen-bond donors (Lipinski definition) is 1. The summed E-state index contributed by atoms with van der Waals surface area (Å²) in [6, 6.07) is 9.32. The molecule has 0 amide bonds. The van der Waals surface area contributed by atoms with Crippen molar-refractivity contribution in [3.05, 3.63) is 36.4 Å². The van der Waals surface area contributed by atoms with Crippen LogP contribution in [0.2, 0.25) is 0 Å². The van der Waals surface area contributed by atoms with E-state index in [9.17, 15) is 13.5 Å².